The molecule has 40 heavy (non-hydrogen) atoms. The molecule has 0 fully saturated rings. The Morgan fingerprint density at radius 1 is 0.825 bits per heavy atom. The van der Waals surface area contributed by atoms with Gasteiger partial charge in [-0.1, -0.05) is 78.9 Å². The minimum Gasteiger partial charge on any atom is -0.494 e. The van der Waals surface area contributed by atoms with Crippen LogP contribution in [0.5, 0.6) is 5.75 Å². The number of benzene rings is 4. The zero-order chi connectivity index (χ0) is 27.6. The van der Waals surface area contributed by atoms with E-state index >= 15 is 0 Å². The van der Waals surface area contributed by atoms with Crippen molar-refractivity contribution in [2.45, 2.75) is 45.6 Å². The van der Waals surface area contributed by atoms with Crippen LogP contribution in [0.25, 0.3) is 22.2 Å². The Kier molecular flexibility index (Phi) is 9.25. The van der Waals surface area contributed by atoms with E-state index in [-0.39, 0.29) is 5.91 Å². The monoisotopic (exact) mass is 531 g/mol. The summed E-state index contributed by atoms with van der Waals surface area (Å²) in [5.74, 6) is 2.06. The van der Waals surface area contributed by atoms with Gasteiger partial charge >= 0.3 is 0 Å². The van der Waals surface area contributed by atoms with Crippen molar-refractivity contribution in [3.8, 4) is 16.9 Å². The Morgan fingerprint density at radius 3 is 2.42 bits per heavy atom. The molecule has 0 aliphatic rings. The van der Waals surface area contributed by atoms with Gasteiger partial charge in [0.1, 0.15) is 11.6 Å². The Labute approximate surface area is 236 Å². The van der Waals surface area contributed by atoms with Crippen molar-refractivity contribution in [1.82, 2.24) is 14.9 Å². The smallest absolute Gasteiger partial charge is 0.224 e. The molecule has 0 saturated carbocycles. The molecule has 1 N–H and O–H groups in total. The normalized spacial score (nSPS) is 11.0. The zero-order valence-electron chi connectivity index (χ0n) is 23.2. The number of aryl methyl sites for hydroxylation is 3. The number of hydrogen-bond acceptors (Lipinski definition) is 3. The molecule has 1 heterocycles. The van der Waals surface area contributed by atoms with E-state index in [2.05, 4.69) is 71.4 Å². The van der Waals surface area contributed by atoms with Crippen molar-refractivity contribution >= 4 is 16.9 Å². The predicted molar refractivity (Wildman–Crippen MR) is 163 cm³/mol. The number of carbonyl (C=O) groups excluding carboxylic acids is 1. The maximum absolute atomic E-state index is 12.6. The molecule has 0 unspecified atom stereocenters. The van der Waals surface area contributed by atoms with Crippen molar-refractivity contribution in [3.05, 3.63) is 120 Å². The van der Waals surface area contributed by atoms with Gasteiger partial charge in [0, 0.05) is 19.5 Å². The lowest BCUT2D eigenvalue weighted by Gasteiger charge is -2.11. The number of para-hydroxylation sites is 2. The van der Waals surface area contributed by atoms with Crippen LogP contribution in [0.2, 0.25) is 0 Å². The van der Waals surface area contributed by atoms with Gasteiger partial charge in [-0.3, -0.25) is 4.79 Å². The Hall–Kier alpha value is -4.38. The number of fused-ring (bicyclic) bond motifs is 1. The second-order valence-corrected chi connectivity index (χ2v) is 10.2. The fourth-order valence-electron chi connectivity index (χ4n) is 5.00. The molecule has 5 aromatic rings. The number of imidazole rings is 1. The highest BCUT2D eigenvalue weighted by atomic mass is 16.5. The van der Waals surface area contributed by atoms with Gasteiger partial charge in [-0.15, -0.1) is 0 Å². The first kappa shape index (κ1) is 27.2. The molecule has 0 radical (unpaired) electrons. The number of aromatic nitrogens is 2. The Balaban J connectivity index is 1.08. The van der Waals surface area contributed by atoms with E-state index in [0.29, 0.717) is 19.6 Å². The quantitative estimate of drug-likeness (QED) is 0.164. The van der Waals surface area contributed by atoms with Crippen molar-refractivity contribution in [2.75, 3.05) is 13.2 Å². The SMILES string of the molecule is Cc1cccc(OCCCCn2c(CCCNC(=O)Cc3ccc(-c4ccccc4)cc3)nc3ccccc32)c1. The number of rotatable bonds is 13. The van der Waals surface area contributed by atoms with Gasteiger partial charge in [-0.2, -0.15) is 0 Å². The van der Waals surface area contributed by atoms with Crippen LogP contribution in [-0.2, 0) is 24.2 Å². The molecule has 0 spiro atoms. The molecule has 0 bridgehead atoms. The predicted octanol–water partition coefficient (Wildman–Crippen LogP) is 7.16. The fourth-order valence-corrected chi connectivity index (χ4v) is 5.00. The van der Waals surface area contributed by atoms with Crippen molar-refractivity contribution in [2.24, 2.45) is 0 Å². The summed E-state index contributed by atoms with van der Waals surface area (Å²) in [5, 5.41) is 3.09. The molecule has 1 aromatic heterocycles. The summed E-state index contributed by atoms with van der Waals surface area (Å²) in [5.41, 5.74) is 6.76. The summed E-state index contributed by atoms with van der Waals surface area (Å²) in [7, 11) is 0. The topological polar surface area (TPSA) is 56.1 Å². The second kappa shape index (κ2) is 13.6. The van der Waals surface area contributed by atoms with Crippen LogP contribution < -0.4 is 10.1 Å². The third kappa shape index (κ3) is 7.38. The van der Waals surface area contributed by atoms with Gasteiger partial charge in [0.05, 0.1) is 24.1 Å². The molecular formula is C35H37N3O2. The van der Waals surface area contributed by atoms with Gasteiger partial charge in [0.2, 0.25) is 5.91 Å². The molecule has 0 saturated heterocycles. The number of amides is 1. The van der Waals surface area contributed by atoms with Gasteiger partial charge in [0.25, 0.3) is 0 Å². The third-order valence-electron chi connectivity index (χ3n) is 7.09. The maximum atomic E-state index is 12.6. The summed E-state index contributed by atoms with van der Waals surface area (Å²) < 4.78 is 8.26. The molecule has 5 rings (SSSR count). The standard InChI is InChI=1S/C35H37N3O2/c1-27-11-9-14-31(25-27)40-24-8-7-23-38-33-16-6-5-15-32(33)37-34(38)17-10-22-36-35(39)26-28-18-20-30(21-19-28)29-12-3-2-4-13-29/h2-6,9,11-16,18-21,25H,7-8,10,17,22-24,26H2,1H3,(H,36,39). The first-order valence-electron chi connectivity index (χ1n) is 14.2. The molecule has 0 aliphatic carbocycles. The molecule has 5 nitrogen and oxygen atoms in total. The molecule has 204 valence electrons. The summed E-state index contributed by atoms with van der Waals surface area (Å²) in [6.07, 6.45) is 4.04. The minimum absolute atomic E-state index is 0.0505. The van der Waals surface area contributed by atoms with E-state index in [1.165, 1.54) is 16.6 Å². The van der Waals surface area contributed by atoms with Crippen LogP contribution in [0, 0.1) is 6.92 Å². The number of hydrogen-bond donors (Lipinski definition) is 1. The highest BCUT2D eigenvalue weighted by Gasteiger charge is 2.11. The highest BCUT2D eigenvalue weighted by Crippen LogP contribution is 2.20. The summed E-state index contributed by atoms with van der Waals surface area (Å²) in [6.45, 7) is 4.31. The van der Waals surface area contributed by atoms with Crippen LogP contribution in [0.1, 0.15) is 36.2 Å². The lowest BCUT2D eigenvalue weighted by Crippen LogP contribution is -2.26. The van der Waals surface area contributed by atoms with E-state index in [0.717, 1.165) is 60.4 Å². The number of ether oxygens (including phenoxy) is 1. The summed E-state index contributed by atoms with van der Waals surface area (Å²) in [4.78, 5) is 17.5. The van der Waals surface area contributed by atoms with Crippen molar-refractivity contribution in [1.29, 1.82) is 0 Å². The van der Waals surface area contributed by atoms with Gasteiger partial charge in [-0.05, 0) is 72.7 Å². The van der Waals surface area contributed by atoms with Crippen LogP contribution in [0.15, 0.2) is 103 Å². The number of nitrogens with zero attached hydrogens (tertiary/aromatic N) is 2. The average molecular weight is 532 g/mol. The lowest BCUT2D eigenvalue weighted by molar-refractivity contribution is -0.120. The second-order valence-electron chi connectivity index (χ2n) is 10.2. The highest BCUT2D eigenvalue weighted by molar-refractivity contribution is 5.79. The van der Waals surface area contributed by atoms with Gasteiger partial charge < -0.3 is 14.6 Å². The summed E-state index contributed by atoms with van der Waals surface area (Å²) in [6, 6.07) is 35.0. The van der Waals surface area contributed by atoms with E-state index < -0.39 is 0 Å². The van der Waals surface area contributed by atoms with Crippen LogP contribution in [0.4, 0.5) is 0 Å². The molecule has 4 aromatic carbocycles. The van der Waals surface area contributed by atoms with E-state index in [4.69, 9.17) is 9.72 Å². The molecule has 0 aliphatic heterocycles. The molecular weight excluding hydrogens is 494 g/mol. The first-order chi connectivity index (χ1) is 19.7. The number of unbranched alkanes of at least 4 members (excludes halogenated alkanes) is 1. The van der Waals surface area contributed by atoms with Crippen LogP contribution >= 0.6 is 0 Å². The van der Waals surface area contributed by atoms with Crippen molar-refractivity contribution in [3.63, 3.8) is 0 Å². The minimum atomic E-state index is 0.0505. The van der Waals surface area contributed by atoms with Crippen molar-refractivity contribution < 1.29 is 9.53 Å². The molecule has 5 heteroatoms. The van der Waals surface area contributed by atoms with E-state index in [1.54, 1.807) is 0 Å². The van der Waals surface area contributed by atoms with Crippen LogP contribution in [0.3, 0.4) is 0 Å². The average Bonchev–Trinajstić information content (AvgIpc) is 3.33. The van der Waals surface area contributed by atoms with E-state index in [1.807, 2.05) is 48.5 Å². The molecule has 0 atom stereocenters. The first-order valence-corrected chi connectivity index (χ1v) is 14.2. The third-order valence-corrected chi connectivity index (χ3v) is 7.09. The van der Waals surface area contributed by atoms with Gasteiger partial charge in [0.15, 0.2) is 0 Å². The summed E-state index contributed by atoms with van der Waals surface area (Å²) >= 11 is 0. The number of carbonyl (C=O) groups is 1. The largest absolute Gasteiger partial charge is 0.494 e. The zero-order valence-corrected chi connectivity index (χ0v) is 23.2. The molecule has 1 amide bonds. The van der Waals surface area contributed by atoms with Gasteiger partial charge in [-0.25, -0.2) is 4.98 Å². The number of nitrogens with one attached hydrogen (secondary N) is 1. The Bertz CT molecular complexity index is 1520. The van der Waals surface area contributed by atoms with E-state index in [9.17, 15) is 4.79 Å². The maximum Gasteiger partial charge on any atom is 0.224 e. The fraction of sp³-hybridized carbons (Fsp3) is 0.257. The Morgan fingerprint density at radius 2 is 1.60 bits per heavy atom. The lowest BCUT2D eigenvalue weighted by atomic mass is 10.0. The van der Waals surface area contributed by atoms with Crippen LogP contribution in [-0.4, -0.2) is 28.6 Å².